The maximum absolute atomic E-state index is 13.9. The van der Waals surface area contributed by atoms with Crippen molar-refractivity contribution in [2.24, 2.45) is 5.73 Å². The molecule has 1 rings (SSSR count). The van der Waals surface area contributed by atoms with Crippen molar-refractivity contribution in [3.05, 3.63) is 35.4 Å². The van der Waals surface area contributed by atoms with Gasteiger partial charge in [0.1, 0.15) is 17.7 Å². The first-order valence-electron chi connectivity index (χ1n) is 13.3. The fourth-order valence-electron chi connectivity index (χ4n) is 3.95. The maximum Gasteiger partial charge on any atom is 0.408 e. The third-order valence-electron chi connectivity index (χ3n) is 5.68. The van der Waals surface area contributed by atoms with E-state index in [0.717, 1.165) is 37.7 Å². The predicted molar refractivity (Wildman–Crippen MR) is 145 cm³/mol. The molecule has 2 unspecified atom stereocenters. The third-order valence-corrected chi connectivity index (χ3v) is 5.68. The van der Waals surface area contributed by atoms with Gasteiger partial charge >= 0.3 is 6.09 Å². The van der Waals surface area contributed by atoms with E-state index in [1.807, 2.05) is 38.1 Å². The number of hydrogen-bond acceptors (Lipinski definition) is 5. The Kier molecular flexibility index (Phi) is 13.7. The molecule has 0 fully saturated rings. The maximum atomic E-state index is 13.9. The van der Waals surface area contributed by atoms with Crippen LogP contribution in [0.3, 0.4) is 0 Å². The van der Waals surface area contributed by atoms with E-state index >= 15 is 0 Å². The van der Waals surface area contributed by atoms with Gasteiger partial charge in [0.15, 0.2) is 0 Å². The van der Waals surface area contributed by atoms with E-state index in [4.69, 9.17) is 10.5 Å². The normalized spacial score (nSPS) is 12.8. The minimum atomic E-state index is -1.27. The van der Waals surface area contributed by atoms with Gasteiger partial charge in [0.25, 0.3) is 0 Å². The largest absolute Gasteiger partial charge is 0.444 e. The molecule has 0 aliphatic heterocycles. The highest BCUT2D eigenvalue weighted by atomic mass is 16.6. The lowest BCUT2D eigenvalue weighted by molar-refractivity contribution is -0.143. The average molecular weight is 519 g/mol. The molecule has 1 aromatic carbocycles. The molecule has 4 N–H and O–H groups in total. The molecule has 9 nitrogen and oxygen atoms in total. The van der Waals surface area contributed by atoms with E-state index in [0.29, 0.717) is 18.5 Å². The molecule has 0 heterocycles. The molecule has 0 saturated carbocycles. The first-order chi connectivity index (χ1) is 17.4. The van der Waals surface area contributed by atoms with Crippen LogP contribution in [0, 0.1) is 6.92 Å². The Balaban J connectivity index is 3.42. The van der Waals surface area contributed by atoms with Gasteiger partial charge in [-0.3, -0.25) is 14.4 Å². The van der Waals surface area contributed by atoms with Crippen molar-refractivity contribution >= 4 is 23.8 Å². The molecule has 2 atom stereocenters. The molecule has 0 aliphatic carbocycles. The van der Waals surface area contributed by atoms with Gasteiger partial charge in [0.05, 0.1) is 6.42 Å². The Hall–Kier alpha value is -3.10. The Morgan fingerprint density at radius 1 is 1.03 bits per heavy atom. The van der Waals surface area contributed by atoms with Gasteiger partial charge in [0.2, 0.25) is 17.7 Å². The first-order valence-corrected chi connectivity index (χ1v) is 13.3. The number of ether oxygens (including phenoxy) is 1. The zero-order chi connectivity index (χ0) is 28.0. The topological polar surface area (TPSA) is 131 Å². The summed E-state index contributed by atoms with van der Waals surface area (Å²) >= 11 is 0. The van der Waals surface area contributed by atoms with Crippen molar-refractivity contribution in [3.63, 3.8) is 0 Å². The van der Waals surface area contributed by atoms with Crippen LogP contribution >= 0.6 is 0 Å². The van der Waals surface area contributed by atoms with Crippen molar-refractivity contribution < 1.29 is 23.9 Å². The van der Waals surface area contributed by atoms with Gasteiger partial charge in [-0.2, -0.15) is 0 Å². The summed E-state index contributed by atoms with van der Waals surface area (Å²) in [6, 6.07) is 5.25. The fourth-order valence-corrected chi connectivity index (χ4v) is 3.95. The van der Waals surface area contributed by atoms with E-state index < -0.39 is 42.0 Å². The Bertz CT molecular complexity index is 897. The van der Waals surface area contributed by atoms with Crippen LogP contribution in [0.15, 0.2) is 24.3 Å². The van der Waals surface area contributed by atoms with Crippen LogP contribution in [0.5, 0.6) is 0 Å². The van der Waals surface area contributed by atoms with Crippen molar-refractivity contribution in [3.8, 4) is 0 Å². The number of carbonyl (C=O) groups is 4. The first kappa shape index (κ1) is 31.9. The number of alkyl carbamates (subject to hydrolysis) is 1. The summed E-state index contributed by atoms with van der Waals surface area (Å²) in [7, 11) is 0. The third kappa shape index (κ3) is 12.1. The number of primary amides is 1. The van der Waals surface area contributed by atoms with Gasteiger partial charge in [-0.15, -0.1) is 0 Å². The molecule has 0 spiro atoms. The van der Waals surface area contributed by atoms with Gasteiger partial charge < -0.3 is 26.0 Å². The number of rotatable bonds is 15. The predicted octanol–water partition coefficient (Wildman–Crippen LogP) is 4.13. The number of hydrogen-bond donors (Lipinski definition) is 3. The molecule has 208 valence electrons. The number of aryl methyl sites for hydroxylation is 1. The smallest absolute Gasteiger partial charge is 0.408 e. The minimum absolute atomic E-state index is 0.277. The fraction of sp³-hybridized carbons (Fsp3) is 0.643. The second kappa shape index (κ2) is 15.9. The molecular formula is C28H46N4O5. The summed E-state index contributed by atoms with van der Waals surface area (Å²) in [6.45, 7) is 11.9. The monoisotopic (exact) mass is 518 g/mol. The summed E-state index contributed by atoms with van der Waals surface area (Å²) in [6.07, 6.45) is 4.00. The second-order valence-electron chi connectivity index (χ2n) is 10.4. The summed E-state index contributed by atoms with van der Waals surface area (Å²) < 4.78 is 5.31. The zero-order valence-corrected chi connectivity index (χ0v) is 23.4. The van der Waals surface area contributed by atoms with E-state index in [1.54, 1.807) is 20.8 Å². The van der Waals surface area contributed by atoms with Gasteiger partial charge in [0, 0.05) is 13.1 Å². The molecule has 1 aromatic rings. The lowest BCUT2D eigenvalue weighted by atomic mass is 9.99. The van der Waals surface area contributed by atoms with Gasteiger partial charge in [-0.1, -0.05) is 69.4 Å². The number of carbonyl (C=O) groups excluding carboxylic acids is 4. The van der Waals surface area contributed by atoms with Crippen molar-refractivity contribution in [2.75, 3.05) is 13.1 Å². The van der Waals surface area contributed by atoms with Crippen LogP contribution in [0.4, 0.5) is 4.79 Å². The molecule has 0 aliphatic rings. The van der Waals surface area contributed by atoms with Crippen LogP contribution in [0.2, 0.25) is 0 Å². The van der Waals surface area contributed by atoms with Crippen LogP contribution in [0.25, 0.3) is 0 Å². The van der Waals surface area contributed by atoms with E-state index in [2.05, 4.69) is 17.6 Å². The van der Waals surface area contributed by atoms with Crippen LogP contribution in [0.1, 0.15) is 96.7 Å². The molecular weight excluding hydrogens is 472 g/mol. The van der Waals surface area contributed by atoms with Crippen LogP contribution in [-0.4, -0.2) is 53.4 Å². The summed E-state index contributed by atoms with van der Waals surface area (Å²) in [4.78, 5) is 53.3. The molecule has 4 amide bonds. The van der Waals surface area contributed by atoms with E-state index in [9.17, 15) is 19.2 Å². The number of nitrogens with two attached hydrogens (primary N) is 1. The van der Waals surface area contributed by atoms with E-state index in [1.165, 1.54) is 4.90 Å². The Morgan fingerprint density at radius 3 is 2.24 bits per heavy atom. The lowest BCUT2D eigenvalue weighted by Gasteiger charge is -2.34. The molecule has 37 heavy (non-hydrogen) atoms. The number of benzene rings is 1. The highest BCUT2D eigenvalue weighted by Crippen LogP contribution is 2.25. The van der Waals surface area contributed by atoms with Crippen LogP contribution in [-0.2, 0) is 19.1 Å². The Morgan fingerprint density at radius 2 is 1.68 bits per heavy atom. The highest BCUT2D eigenvalue weighted by molar-refractivity contribution is 5.94. The molecule has 0 radical (unpaired) electrons. The number of nitrogens with zero attached hydrogens (tertiary/aromatic N) is 1. The summed E-state index contributed by atoms with van der Waals surface area (Å²) in [5.74, 6) is -1.61. The second-order valence-corrected chi connectivity index (χ2v) is 10.4. The van der Waals surface area contributed by atoms with Gasteiger partial charge in [-0.05, 0) is 46.1 Å². The summed E-state index contributed by atoms with van der Waals surface area (Å²) in [5.41, 5.74) is 6.25. The Labute approximate surface area is 221 Å². The SMILES string of the molecule is CCCCCNC(=O)C(c1cccc(C)c1)N(CCCCC)C(=O)C(CC(N)=O)NC(=O)OC(C)(C)C. The zero-order valence-electron chi connectivity index (χ0n) is 23.4. The molecule has 9 heteroatoms. The molecule has 0 aromatic heterocycles. The van der Waals surface area contributed by atoms with Crippen molar-refractivity contribution in [1.29, 1.82) is 0 Å². The lowest BCUT2D eigenvalue weighted by Crippen LogP contribution is -2.54. The van der Waals surface area contributed by atoms with Gasteiger partial charge in [-0.25, -0.2) is 4.79 Å². The van der Waals surface area contributed by atoms with Crippen molar-refractivity contribution in [2.45, 2.75) is 104 Å². The average Bonchev–Trinajstić information content (AvgIpc) is 2.79. The number of amides is 4. The summed E-state index contributed by atoms with van der Waals surface area (Å²) in [5, 5.41) is 5.48. The highest BCUT2D eigenvalue weighted by Gasteiger charge is 2.36. The van der Waals surface area contributed by atoms with Crippen LogP contribution < -0.4 is 16.4 Å². The quantitative estimate of drug-likeness (QED) is 0.301. The molecule has 0 bridgehead atoms. The number of nitrogens with one attached hydrogen (secondary N) is 2. The standard InChI is InChI=1S/C28H46N4O5/c1-7-9-11-16-30-25(34)24(21-15-13-14-20(3)18-21)32(17-12-10-8-2)26(35)22(19-23(29)33)31-27(36)37-28(4,5)6/h13-15,18,22,24H,7-12,16-17,19H2,1-6H3,(H2,29,33)(H,30,34)(H,31,36). The minimum Gasteiger partial charge on any atom is -0.444 e. The molecule has 0 saturated heterocycles. The number of unbranched alkanes of at least 4 members (excludes halogenated alkanes) is 4. The van der Waals surface area contributed by atoms with Crippen molar-refractivity contribution in [1.82, 2.24) is 15.5 Å². The van der Waals surface area contributed by atoms with E-state index in [-0.39, 0.29) is 12.5 Å².